The second-order valence-electron chi connectivity index (χ2n) is 4.77. The molecule has 0 saturated carbocycles. The third kappa shape index (κ3) is 2.44. The van der Waals surface area contributed by atoms with Crippen molar-refractivity contribution in [1.29, 1.82) is 0 Å². The molecule has 1 atom stereocenters. The molecule has 1 unspecified atom stereocenters. The second-order valence-corrected chi connectivity index (χ2v) is 4.77. The van der Waals surface area contributed by atoms with Gasteiger partial charge < -0.3 is 5.32 Å². The number of nitrogens with zero attached hydrogens (tertiary/aromatic N) is 1. The molecular formula is C16H20N2. The van der Waals surface area contributed by atoms with E-state index in [1.807, 2.05) is 25.4 Å². The molecule has 1 N–H and O–H groups in total. The minimum atomic E-state index is 0.158. The van der Waals surface area contributed by atoms with Gasteiger partial charge in [0, 0.05) is 6.20 Å². The van der Waals surface area contributed by atoms with Crippen LogP contribution in [0.3, 0.4) is 0 Å². The van der Waals surface area contributed by atoms with Crippen LogP contribution in [0.15, 0.2) is 36.5 Å². The van der Waals surface area contributed by atoms with Crippen LogP contribution in [0.1, 0.15) is 34.0 Å². The fourth-order valence-electron chi connectivity index (χ4n) is 2.30. The first kappa shape index (κ1) is 12.8. The summed E-state index contributed by atoms with van der Waals surface area (Å²) in [5, 5.41) is 3.36. The summed E-state index contributed by atoms with van der Waals surface area (Å²) in [6.07, 6.45) is 1.84. The third-order valence-corrected chi connectivity index (χ3v) is 3.47. The van der Waals surface area contributed by atoms with Gasteiger partial charge in [-0.25, -0.2) is 0 Å². The monoisotopic (exact) mass is 240 g/mol. The summed E-state index contributed by atoms with van der Waals surface area (Å²) in [4.78, 5) is 4.46. The molecule has 2 rings (SSSR count). The lowest BCUT2D eigenvalue weighted by Gasteiger charge is -2.20. The molecule has 2 nitrogen and oxygen atoms in total. The summed E-state index contributed by atoms with van der Waals surface area (Å²) < 4.78 is 0. The van der Waals surface area contributed by atoms with Gasteiger partial charge >= 0.3 is 0 Å². The Morgan fingerprint density at radius 2 is 1.72 bits per heavy atom. The van der Waals surface area contributed by atoms with Crippen LogP contribution in [0.25, 0.3) is 0 Å². The van der Waals surface area contributed by atoms with Crippen LogP contribution in [0.2, 0.25) is 0 Å². The maximum absolute atomic E-state index is 4.46. The van der Waals surface area contributed by atoms with E-state index in [9.17, 15) is 0 Å². The van der Waals surface area contributed by atoms with Crippen molar-refractivity contribution < 1.29 is 0 Å². The van der Waals surface area contributed by atoms with Crippen molar-refractivity contribution in [2.75, 3.05) is 7.05 Å². The number of benzene rings is 1. The summed E-state index contributed by atoms with van der Waals surface area (Å²) in [7, 11) is 1.98. The van der Waals surface area contributed by atoms with E-state index in [0.717, 1.165) is 5.69 Å². The molecule has 2 heteroatoms. The summed E-state index contributed by atoms with van der Waals surface area (Å²) >= 11 is 0. The Kier molecular flexibility index (Phi) is 3.78. The molecule has 0 spiro atoms. The summed E-state index contributed by atoms with van der Waals surface area (Å²) in [6.45, 7) is 6.47. The Morgan fingerprint density at radius 3 is 2.33 bits per heavy atom. The summed E-state index contributed by atoms with van der Waals surface area (Å²) in [6, 6.07) is 10.7. The van der Waals surface area contributed by atoms with Gasteiger partial charge in [0.15, 0.2) is 0 Å². The van der Waals surface area contributed by atoms with E-state index in [0.29, 0.717) is 0 Å². The lowest BCUT2D eigenvalue weighted by atomic mass is 9.94. The van der Waals surface area contributed by atoms with Crippen LogP contribution >= 0.6 is 0 Å². The average Bonchev–Trinajstić information content (AvgIpc) is 2.38. The highest BCUT2D eigenvalue weighted by Gasteiger charge is 2.15. The normalized spacial score (nSPS) is 12.4. The van der Waals surface area contributed by atoms with E-state index in [2.05, 4.69) is 49.3 Å². The fraction of sp³-hybridized carbons (Fsp3) is 0.312. The van der Waals surface area contributed by atoms with Gasteiger partial charge in [-0.2, -0.15) is 0 Å². The van der Waals surface area contributed by atoms with Gasteiger partial charge in [-0.05, 0) is 62.2 Å². The SMILES string of the molecule is CNC(c1ccccn1)c1cc(C)c(C)cc1C. The van der Waals surface area contributed by atoms with Crippen molar-refractivity contribution in [2.24, 2.45) is 0 Å². The van der Waals surface area contributed by atoms with E-state index >= 15 is 0 Å². The molecule has 0 radical (unpaired) electrons. The predicted molar refractivity (Wildman–Crippen MR) is 75.8 cm³/mol. The van der Waals surface area contributed by atoms with Crippen molar-refractivity contribution in [3.05, 3.63) is 64.5 Å². The molecule has 0 saturated heterocycles. The minimum Gasteiger partial charge on any atom is -0.308 e. The maximum atomic E-state index is 4.46. The van der Waals surface area contributed by atoms with Gasteiger partial charge in [0.05, 0.1) is 11.7 Å². The summed E-state index contributed by atoms with van der Waals surface area (Å²) in [5.41, 5.74) is 6.34. The number of hydrogen-bond acceptors (Lipinski definition) is 2. The standard InChI is InChI=1S/C16H20N2/c1-11-9-13(3)14(10-12(11)2)16(17-4)15-7-5-6-8-18-15/h5-10,16-17H,1-4H3. The first-order valence-electron chi connectivity index (χ1n) is 6.29. The Labute approximate surface area is 109 Å². The van der Waals surface area contributed by atoms with Gasteiger partial charge in [-0.15, -0.1) is 0 Å². The van der Waals surface area contributed by atoms with E-state index in [1.54, 1.807) is 0 Å². The Hall–Kier alpha value is -1.67. The van der Waals surface area contributed by atoms with Gasteiger partial charge in [-0.3, -0.25) is 4.98 Å². The Morgan fingerprint density at radius 1 is 1.00 bits per heavy atom. The minimum absolute atomic E-state index is 0.158. The molecule has 18 heavy (non-hydrogen) atoms. The molecule has 1 aromatic carbocycles. The highest BCUT2D eigenvalue weighted by Crippen LogP contribution is 2.25. The number of nitrogens with one attached hydrogen (secondary N) is 1. The summed E-state index contributed by atoms with van der Waals surface area (Å²) in [5.74, 6) is 0. The third-order valence-electron chi connectivity index (χ3n) is 3.47. The number of rotatable bonds is 3. The zero-order chi connectivity index (χ0) is 13.1. The zero-order valence-corrected chi connectivity index (χ0v) is 11.5. The van der Waals surface area contributed by atoms with Crippen LogP contribution in [0.4, 0.5) is 0 Å². The van der Waals surface area contributed by atoms with Crippen molar-refractivity contribution in [3.8, 4) is 0 Å². The quantitative estimate of drug-likeness (QED) is 0.890. The molecule has 94 valence electrons. The maximum Gasteiger partial charge on any atom is 0.0751 e. The van der Waals surface area contributed by atoms with Crippen LogP contribution in [0, 0.1) is 20.8 Å². The first-order chi connectivity index (χ1) is 8.63. The van der Waals surface area contributed by atoms with Gasteiger partial charge in [0.2, 0.25) is 0 Å². The molecule has 2 aromatic rings. The van der Waals surface area contributed by atoms with Crippen molar-refractivity contribution >= 4 is 0 Å². The smallest absolute Gasteiger partial charge is 0.0751 e. The fourth-order valence-corrected chi connectivity index (χ4v) is 2.30. The molecule has 0 aliphatic carbocycles. The van der Waals surface area contributed by atoms with Crippen molar-refractivity contribution in [3.63, 3.8) is 0 Å². The van der Waals surface area contributed by atoms with E-state index in [1.165, 1.54) is 22.3 Å². The van der Waals surface area contributed by atoms with Gasteiger partial charge in [0.1, 0.15) is 0 Å². The van der Waals surface area contributed by atoms with Crippen LogP contribution in [-0.2, 0) is 0 Å². The lowest BCUT2D eigenvalue weighted by Crippen LogP contribution is -2.20. The molecule has 0 bridgehead atoms. The molecule has 1 heterocycles. The average molecular weight is 240 g/mol. The first-order valence-corrected chi connectivity index (χ1v) is 6.29. The van der Waals surface area contributed by atoms with Gasteiger partial charge in [-0.1, -0.05) is 18.2 Å². The predicted octanol–water partition coefficient (Wildman–Crippen LogP) is 3.32. The topological polar surface area (TPSA) is 24.9 Å². The number of pyridine rings is 1. The lowest BCUT2D eigenvalue weighted by molar-refractivity contribution is 0.666. The van der Waals surface area contributed by atoms with Gasteiger partial charge in [0.25, 0.3) is 0 Å². The highest BCUT2D eigenvalue weighted by atomic mass is 14.9. The van der Waals surface area contributed by atoms with E-state index < -0.39 is 0 Å². The molecular weight excluding hydrogens is 220 g/mol. The molecule has 0 amide bonds. The van der Waals surface area contributed by atoms with Crippen LogP contribution in [0.5, 0.6) is 0 Å². The molecule has 1 aromatic heterocycles. The molecule has 0 aliphatic rings. The number of aromatic nitrogens is 1. The Bertz CT molecular complexity index is 532. The van der Waals surface area contributed by atoms with Crippen molar-refractivity contribution in [1.82, 2.24) is 10.3 Å². The second kappa shape index (κ2) is 5.32. The van der Waals surface area contributed by atoms with Crippen LogP contribution in [-0.4, -0.2) is 12.0 Å². The number of aryl methyl sites for hydroxylation is 3. The zero-order valence-electron chi connectivity index (χ0n) is 11.5. The number of hydrogen-bond donors (Lipinski definition) is 1. The largest absolute Gasteiger partial charge is 0.308 e. The highest BCUT2D eigenvalue weighted by molar-refractivity contribution is 5.41. The molecule has 0 aliphatic heterocycles. The van der Waals surface area contributed by atoms with E-state index in [-0.39, 0.29) is 6.04 Å². The Balaban J connectivity index is 2.49. The van der Waals surface area contributed by atoms with E-state index in [4.69, 9.17) is 0 Å². The van der Waals surface area contributed by atoms with Crippen molar-refractivity contribution in [2.45, 2.75) is 26.8 Å². The molecule has 0 fully saturated rings. The van der Waals surface area contributed by atoms with Crippen LogP contribution < -0.4 is 5.32 Å².